The Bertz CT molecular complexity index is 348. The van der Waals surface area contributed by atoms with Gasteiger partial charge in [-0.15, -0.1) is 0 Å². The molecule has 0 aliphatic heterocycles. The Balaban J connectivity index is 2.80. The number of amides is 4. The maximum atomic E-state index is 11.0. The molecular weight excluding hydrogens is 242 g/mol. The van der Waals surface area contributed by atoms with Crippen LogP contribution < -0.4 is 23.2 Å². The lowest BCUT2D eigenvalue weighted by molar-refractivity contribution is 0.103. The Morgan fingerprint density at radius 3 is 2.06 bits per heavy atom. The fourth-order valence-electron chi connectivity index (χ4n) is 2.13. The van der Waals surface area contributed by atoms with Gasteiger partial charge in [0.05, 0.1) is 12.1 Å². The molecule has 18 heavy (non-hydrogen) atoms. The van der Waals surface area contributed by atoms with Crippen molar-refractivity contribution in [2.75, 3.05) is 0 Å². The molecule has 0 radical (unpaired) electrons. The SMILES string of the molecule is NC(=O)N(N)C1CCC(N=O)C(N(N)C(N)=O)C1. The van der Waals surface area contributed by atoms with Crippen molar-refractivity contribution in [3.63, 3.8) is 0 Å². The summed E-state index contributed by atoms with van der Waals surface area (Å²) in [6.45, 7) is 0. The van der Waals surface area contributed by atoms with Crippen molar-refractivity contribution < 1.29 is 9.59 Å². The lowest BCUT2D eigenvalue weighted by atomic mass is 9.86. The van der Waals surface area contributed by atoms with Crippen LogP contribution in [0.15, 0.2) is 5.18 Å². The predicted molar refractivity (Wildman–Crippen MR) is 62.2 cm³/mol. The van der Waals surface area contributed by atoms with Gasteiger partial charge in [-0.05, 0) is 19.3 Å². The summed E-state index contributed by atoms with van der Waals surface area (Å²) in [7, 11) is 0. The molecule has 0 saturated heterocycles. The van der Waals surface area contributed by atoms with Gasteiger partial charge in [-0.3, -0.25) is 10.0 Å². The molecule has 4 amide bonds. The minimum Gasteiger partial charge on any atom is -0.350 e. The molecule has 1 rings (SSSR count). The van der Waals surface area contributed by atoms with Gasteiger partial charge in [0.15, 0.2) is 0 Å². The first kappa shape index (κ1) is 14.1. The Morgan fingerprint density at radius 2 is 1.61 bits per heavy atom. The van der Waals surface area contributed by atoms with Crippen molar-refractivity contribution >= 4 is 12.1 Å². The van der Waals surface area contributed by atoms with Crippen molar-refractivity contribution in [3.8, 4) is 0 Å². The first-order valence-corrected chi connectivity index (χ1v) is 5.37. The predicted octanol–water partition coefficient (Wildman–Crippen LogP) is -1.45. The highest BCUT2D eigenvalue weighted by Gasteiger charge is 2.38. The molecule has 102 valence electrons. The number of urea groups is 2. The smallest absolute Gasteiger partial charge is 0.329 e. The van der Waals surface area contributed by atoms with E-state index in [4.69, 9.17) is 23.2 Å². The zero-order chi connectivity index (χ0) is 13.9. The molecular formula is C8H17N7O3. The van der Waals surface area contributed by atoms with E-state index in [1.54, 1.807) is 0 Å². The van der Waals surface area contributed by atoms with Crippen molar-refractivity contribution in [3.05, 3.63) is 4.91 Å². The van der Waals surface area contributed by atoms with Gasteiger partial charge in [-0.2, -0.15) is 4.91 Å². The van der Waals surface area contributed by atoms with E-state index in [1.165, 1.54) is 0 Å². The highest BCUT2D eigenvalue weighted by atomic mass is 16.3. The number of rotatable bonds is 3. The number of carbonyl (C=O) groups is 2. The van der Waals surface area contributed by atoms with Crippen molar-refractivity contribution in [1.82, 2.24) is 10.0 Å². The van der Waals surface area contributed by atoms with Crippen LogP contribution in [-0.4, -0.2) is 40.2 Å². The number of nitroso groups, excluding NO2 is 1. The monoisotopic (exact) mass is 259 g/mol. The largest absolute Gasteiger partial charge is 0.350 e. The third-order valence-corrected chi connectivity index (χ3v) is 3.15. The summed E-state index contributed by atoms with van der Waals surface area (Å²) in [6, 6.07) is -3.43. The number of hydrazine groups is 2. The number of hydrogen-bond acceptors (Lipinski definition) is 6. The highest BCUT2D eigenvalue weighted by molar-refractivity contribution is 5.72. The van der Waals surface area contributed by atoms with Gasteiger partial charge in [0.2, 0.25) is 0 Å². The second kappa shape index (κ2) is 5.60. The second-order valence-electron chi connectivity index (χ2n) is 4.20. The minimum atomic E-state index is -0.878. The molecule has 1 fully saturated rings. The van der Waals surface area contributed by atoms with Gasteiger partial charge >= 0.3 is 12.1 Å². The average Bonchev–Trinajstić information content (AvgIpc) is 2.35. The van der Waals surface area contributed by atoms with Crippen molar-refractivity contribution in [2.45, 2.75) is 37.4 Å². The topological polar surface area (TPSA) is 174 Å². The van der Waals surface area contributed by atoms with E-state index in [2.05, 4.69) is 5.18 Å². The molecule has 0 aromatic heterocycles. The minimum absolute atomic E-state index is 0.204. The Morgan fingerprint density at radius 1 is 1.06 bits per heavy atom. The number of hydrogen-bond donors (Lipinski definition) is 4. The van der Waals surface area contributed by atoms with Crippen LogP contribution in [0.1, 0.15) is 19.3 Å². The maximum Gasteiger partial charge on any atom is 0.329 e. The number of primary amides is 2. The fourth-order valence-corrected chi connectivity index (χ4v) is 2.13. The van der Waals surface area contributed by atoms with E-state index >= 15 is 0 Å². The quantitative estimate of drug-likeness (QED) is 0.209. The third-order valence-electron chi connectivity index (χ3n) is 3.15. The van der Waals surface area contributed by atoms with Crippen LogP contribution in [0.5, 0.6) is 0 Å². The van der Waals surface area contributed by atoms with Gasteiger partial charge in [0, 0.05) is 0 Å². The zero-order valence-electron chi connectivity index (χ0n) is 9.73. The van der Waals surface area contributed by atoms with E-state index in [0.717, 1.165) is 10.0 Å². The van der Waals surface area contributed by atoms with Crippen LogP contribution in [0.4, 0.5) is 9.59 Å². The van der Waals surface area contributed by atoms with Crippen molar-refractivity contribution in [1.29, 1.82) is 0 Å². The van der Waals surface area contributed by atoms with Crippen LogP contribution in [0.3, 0.4) is 0 Å². The molecule has 0 spiro atoms. The lowest BCUT2D eigenvalue weighted by Gasteiger charge is -2.39. The Labute approximate surface area is 103 Å². The van der Waals surface area contributed by atoms with Gasteiger partial charge in [0.1, 0.15) is 6.04 Å². The summed E-state index contributed by atoms with van der Waals surface area (Å²) in [5, 5.41) is 4.52. The molecule has 1 saturated carbocycles. The Hall–Kier alpha value is -1.94. The average molecular weight is 259 g/mol. The molecule has 0 aromatic carbocycles. The maximum absolute atomic E-state index is 11.0. The second-order valence-corrected chi connectivity index (χ2v) is 4.20. The Kier molecular flexibility index (Phi) is 4.39. The van der Waals surface area contributed by atoms with Crippen LogP contribution in [0.2, 0.25) is 0 Å². The molecule has 1 aliphatic carbocycles. The standard InChI is InChI=1S/C8H17N7O3/c9-7(16)14(11)4-1-2-5(13-18)6(3-4)15(12)8(10)17/h4-6H,1-3,11-12H2,(H2,9,16)(H2,10,17). The van der Waals surface area contributed by atoms with Gasteiger partial charge < -0.3 is 11.5 Å². The van der Waals surface area contributed by atoms with Crippen LogP contribution in [0, 0.1) is 4.91 Å². The number of nitrogens with zero attached hydrogens (tertiary/aromatic N) is 3. The summed E-state index contributed by atoms with van der Waals surface area (Å²) >= 11 is 0. The van der Waals surface area contributed by atoms with Gasteiger partial charge in [0.25, 0.3) is 0 Å². The fraction of sp³-hybridized carbons (Fsp3) is 0.750. The molecule has 3 atom stereocenters. The third kappa shape index (κ3) is 2.84. The first-order valence-electron chi connectivity index (χ1n) is 5.37. The molecule has 1 aliphatic rings. The zero-order valence-corrected chi connectivity index (χ0v) is 9.73. The van der Waals surface area contributed by atoms with E-state index in [9.17, 15) is 14.5 Å². The van der Waals surface area contributed by atoms with Crippen LogP contribution in [0.25, 0.3) is 0 Å². The molecule has 3 unspecified atom stereocenters. The summed E-state index contributed by atoms with van der Waals surface area (Å²) in [4.78, 5) is 32.7. The summed E-state index contributed by atoms with van der Waals surface area (Å²) in [6.07, 6.45) is 1.01. The first-order chi connectivity index (χ1) is 8.38. The van der Waals surface area contributed by atoms with Crippen LogP contribution in [-0.2, 0) is 0 Å². The van der Waals surface area contributed by atoms with Gasteiger partial charge in [-0.25, -0.2) is 21.3 Å². The molecule has 8 N–H and O–H groups in total. The van der Waals surface area contributed by atoms with E-state index in [0.29, 0.717) is 12.8 Å². The molecule has 10 nitrogen and oxygen atoms in total. The molecule has 0 aromatic rings. The molecule has 0 bridgehead atoms. The summed E-state index contributed by atoms with van der Waals surface area (Å²) < 4.78 is 0. The summed E-state index contributed by atoms with van der Waals surface area (Å²) in [5.41, 5.74) is 10.1. The van der Waals surface area contributed by atoms with E-state index in [-0.39, 0.29) is 6.42 Å². The van der Waals surface area contributed by atoms with Crippen LogP contribution >= 0.6 is 0 Å². The number of nitrogens with two attached hydrogens (primary N) is 4. The number of carbonyl (C=O) groups excluding carboxylic acids is 2. The molecule has 10 heteroatoms. The summed E-state index contributed by atoms with van der Waals surface area (Å²) in [5.74, 6) is 11.0. The normalized spacial score (nSPS) is 27.3. The molecule has 0 heterocycles. The van der Waals surface area contributed by atoms with E-state index < -0.39 is 30.2 Å². The van der Waals surface area contributed by atoms with Gasteiger partial charge in [-0.1, -0.05) is 5.18 Å². The van der Waals surface area contributed by atoms with E-state index in [1.807, 2.05) is 0 Å². The lowest BCUT2D eigenvalue weighted by Crippen LogP contribution is -2.59. The van der Waals surface area contributed by atoms with Crippen molar-refractivity contribution in [2.24, 2.45) is 28.3 Å². The highest BCUT2D eigenvalue weighted by Crippen LogP contribution is 2.26.